The van der Waals surface area contributed by atoms with Gasteiger partial charge in [0, 0.05) is 25.2 Å². The summed E-state index contributed by atoms with van der Waals surface area (Å²) in [6.07, 6.45) is 2.18. The van der Waals surface area contributed by atoms with Crippen molar-refractivity contribution in [3.63, 3.8) is 0 Å². The van der Waals surface area contributed by atoms with Gasteiger partial charge in [0.2, 0.25) is 5.91 Å². The van der Waals surface area contributed by atoms with E-state index in [1.54, 1.807) is 0 Å². The predicted molar refractivity (Wildman–Crippen MR) is 66.2 cm³/mol. The molecule has 1 fully saturated rings. The molecule has 16 heavy (non-hydrogen) atoms. The lowest BCUT2D eigenvalue weighted by Gasteiger charge is -2.49. The Balaban J connectivity index is 2.81. The topological polar surface area (TPSA) is 49.6 Å². The highest BCUT2D eigenvalue weighted by Crippen LogP contribution is 2.24. The first kappa shape index (κ1) is 13.5. The van der Waals surface area contributed by atoms with Crippen molar-refractivity contribution >= 4 is 5.91 Å². The van der Waals surface area contributed by atoms with Crippen LogP contribution in [0.4, 0.5) is 0 Å². The van der Waals surface area contributed by atoms with E-state index >= 15 is 0 Å². The number of hydrogen-bond acceptors (Lipinski definition) is 3. The van der Waals surface area contributed by atoms with Gasteiger partial charge >= 0.3 is 0 Å². The minimum absolute atomic E-state index is 0.0767. The molecule has 1 amide bonds. The SMILES string of the molecule is CCCCN1C(=O)C(CN)N(C)CC1(C)C. The van der Waals surface area contributed by atoms with Crippen LogP contribution in [0.3, 0.4) is 0 Å². The molecule has 4 nitrogen and oxygen atoms in total. The minimum Gasteiger partial charge on any atom is -0.335 e. The van der Waals surface area contributed by atoms with E-state index in [0.717, 1.165) is 25.9 Å². The third kappa shape index (κ3) is 2.55. The molecule has 1 heterocycles. The Bertz CT molecular complexity index is 253. The molecule has 1 unspecified atom stereocenters. The number of unbranched alkanes of at least 4 members (excludes halogenated alkanes) is 1. The molecule has 1 aliphatic rings. The van der Waals surface area contributed by atoms with Crippen LogP contribution in [0.15, 0.2) is 0 Å². The van der Waals surface area contributed by atoms with Crippen LogP contribution in [0.5, 0.6) is 0 Å². The highest BCUT2D eigenvalue weighted by molar-refractivity contribution is 5.83. The fourth-order valence-electron chi connectivity index (χ4n) is 2.48. The molecule has 1 rings (SSSR count). The lowest BCUT2D eigenvalue weighted by atomic mass is 9.95. The standard InChI is InChI=1S/C12H25N3O/c1-5-6-7-15-11(16)10(8-13)14(4)9-12(15,2)3/h10H,5-9,13H2,1-4H3. The molecule has 2 N–H and O–H groups in total. The molecule has 1 aliphatic heterocycles. The largest absolute Gasteiger partial charge is 0.335 e. The first-order valence-electron chi connectivity index (χ1n) is 6.16. The number of amides is 1. The molecule has 1 saturated heterocycles. The summed E-state index contributed by atoms with van der Waals surface area (Å²) in [5.74, 6) is 0.190. The summed E-state index contributed by atoms with van der Waals surface area (Å²) in [5, 5.41) is 0. The average molecular weight is 227 g/mol. The second kappa shape index (κ2) is 5.15. The van der Waals surface area contributed by atoms with Crippen molar-refractivity contribution in [3.8, 4) is 0 Å². The van der Waals surface area contributed by atoms with E-state index in [2.05, 4.69) is 25.7 Å². The lowest BCUT2D eigenvalue weighted by molar-refractivity contribution is -0.149. The van der Waals surface area contributed by atoms with E-state index in [1.807, 2.05) is 11.9 Å². The van der Waals surface area contributed by atoms with Crippen molar-refractivity contribution in [1.82, 2.24) is 9.80 Å². The van der Waals surface area contributed by atoms with E-state index in [9.17, 15) is 4.79 Å². The molecular formula is C12H25N3O. The van der Waals surface area contributed by atoms with Gasteiger partial charge in [-0.15, -0.1) is 0 Å². The van der Waals surface area contributed by atoms with Crippen molar-refractivity contribution in [2.45, 2.75) is 45.2 Å². The number of likely N-dealkylation sites (N-methyl/N-ethyl adjacent to an activating group) is 1. The van der Waals surface area contributed by atoms with Gasteiger partial charge < -0.3 is 10.6 Å². The number of rotatable bonds is 4. The van der Waals surface area contributed by atoms with Gasteiger partial charge in [-0.25, -0.2) is 0 Å². The molecule has 4 heteroatoms. The predicted octanol–water partition coefficient (Wildman–Crippen LogP) is 0.666. The summed E-state index contributed by atoms with van der Waals surface area (Å²) >= 11 is 0. The highest BCUT2D eigenvalue weighted by Gasteiger charge is 2.41. The smallest absolute Gasteiger partial charge is 0.241 e. The van der Waals surface area contributed by atoms with Gasteiger partial charge in [0.05, 0.1) is 0 Å². The van der Waals surface area contributed by atoms with Crippen molar-refractivity contribution in [2.24, 2.45) is 5.73 Å². The summed E-state index contributed by atoms with van der Waals surface area (Å²) < 4.78 is 0. The maximum absolute atomic E-state index is 12.3. The highest BCUT2D eigenvalue weighted by atomic mass is 16.2. The van der Waals surface area contributed by atoms with Crippen LogP contribution in [0, 0.1) is 0 Å². The molecular weight excluding hydrogens is 202 g/mol. The molecule has 0 saturated carbocycles. The Morgan fingerprint density at radius 3 is 2.62 bits per heavy atom. The van der Waals surface area contributed by atoms with Crippen LogP contribution in [-0.2, 0) is 4.79 Å². The summed E-state index contributed by atoms with van der Waals surface area (Å²) in [6, 6.07) is -0.134. The number of piperazine rings is 1. The Labute approximate surface area is 98.8 Å². The van der Waals surface area contributed by atoms with Gasteiger partial charge in [-0.2, -0.15) is 0 Å². The number of carbonyl (C=O) groups is 1. The van der Waals surface area contributed by atoms with Crippen molar-refractivity contribution in [3.05, 3.63) is 0 Å². The fraction of sp³-hybridized carbons (Fsp3) is 0.917. The van der Waals surface area contributed by atoms with Crippen LogP contribution < -0.4 is 5.73 Å². The zero-order valence-electron chi connectivity index (χ0n) is 11.0. The molecule has 0 bridgehead atoms. The van der Waals surface area contributed by atoms with Gasteiger partial charge in [0.15, 0.2) is 0 Å². The number of carbonyl (C=O) groups excluding carboxylic acids is 1. The second-order valence-electron chi connectivity index (χ2n) is 5.32. The number of nitrogens with two attached hydrogens (primary N) is 1. The number of hydrogen-bond donors (Lipinski definition) is 1. The number of nitrogens with zero attached hydrogens (tertiary/aromatic N) is 2. The third-order valence-corrected chi connectivity index (χ3v) is 3.41. The van der Waals surface area contributed by atoms with Gasteiger partial charge in [-0.1, -0.05) is 13.3 Å². The molecule has 0 aromatic rings. The Kier molecular flexibility index (Phi) is 4.33. The summed E-state index contributed by atoms with van der Waals surface area (Å²) in [6.45, 7) is 8.56. The first-order chi connectivity index (χ1) is 7.44. The van der Waals surface area contributed by atoms with Crippen LogP contribution in [0.1, 0.15) is 33.6 Å². The average Bonchev–Trinajstić information content (AvgIpc) is 2.16. The molecule has 1 atom stereocenters. The summed E-state index contributed by atoms with van der Waals surface area (Å²) in [5.41, 5.74) is 5.60. The lowest BCUT2D eigenvalue weighted by Crippen LogP contribution is -2.66. The molecule has 0 aliphatic carbocycles. The van der Waals surface area contributed by atoms with E-state index < -0.39 is 0 Å². The minimum atomic E-state index is -0.134. The zero-order chi connectivity index (χ0) is 12.3. The summed E-state index contributed by atoms with van der Waals surface area (Å²) in [4.78, 5) is 16.4. The molecule has 0 spiro atoms. The Morgan fingerprint density at radius 1 is 1.50 bits per heavy atom. The van der Waals surface area contributed by atoms with E-state index in [4.69, 9.17) is 5.73 Å². The van der Waals surface area contributed by atoms with E-state index in [1.165, 1.54) is 0 Å². The van der Waals surface area contributed by atoms with Gasteiger partial charge in [0.25, 0.3) is 0 Å². The summed E-state index contributed by atoms with van der Waals surface area (Å²) in [7, 11) is 1.98. The van der Waals surface area contributed by atoms with Crippen molar-refractivity contribution in [1.29, 1.82) is 0 Å². The maximum atomic E-state index is 12.3. The van der Waals surface area contributed by atoms with Crippen LogP contribution in [0.25, 0.3) is 0 Å². The zero-order valence-corrected chi connectivity index (χ0v) is 11.0. The van der Waals surface area contributed by atoms with Crippen molar-refractivity contribution in [2.75, 3.05) is 26.7 Å². The fourth-order valence-corrected chi connectivity index (χ4v) is 2.48. The van der Waals surface area contributed by atoms with Crippen LogP contribution in [-0.4, -0.2) is 54.0 Å². The normalized spacial score (nSPS) is 26.2. The molecule has 94 valence electrons. The molecule has 0 aromatic heterocycles. The van der Waals surface area contributed by atoms with Crippen LogP contribution >= 0.6 is 0 Å². The van der Waals surface area contributed by atoms with Crippen molar-refractivity contribution < 1.29 is 4.79 Å². The van der Waals surface area contributed by atoms with E-state index in [-0.39, 0.29) is 17.5 Å². The van der Waals surface area contributed by atoms with Gasteiger partial charge in [-0.3, -0.25) is 9.69 Å². The Hall–Kier alpha value is -0.610. The first-order valence-corrected chi connectivity index (χ1v) is 6.16. The quantitative estimate of drug-likeness (QED) is 0.768. The van der Waals surface area contributed by atoms with E-state index in [0.29, 0.717) is 6.54 Å². The molecule has 0 aromatic carbocycles. The third-order valence-electron chi connectivity index (χ3n) is 3.41. The maximum Gasteiger partial charge on any atom is 0.241 e. The van der Waals surface area contributed by atoms with Gasteiger partial charge in [0.1, 0.15) is 6.04 Å². The van der Waals surface area contributed by atoms with Gasteiger partial charge in [-0.05, 0) is 27.3 Å². The second-order valence-corrected chi connectivity index (χ2v) is 5.32. The molecule has 0 radical (unpaired) electrons. The monoisotopic (exact) mass is 227 g/mol. The van der Waals surface area contributed by atoms with Crippen LogP contribution in [0.2, 0.25) is 0 Å². The Morgan fingerprint density at radius 2 is 2.12 bits per heavy atom.